The summed E-state index contributed by atoms with van der Waals surface area (Å²) in [4.78, 5) is 37.2. The van der Waals surface area contributed by atoms with Crippen LogP contribution in [0.3, 0.4) is 0 Å². The average Bonchev–Trinajstić information content (AvgIpc) is 2.76. The Morgan fingerprint density at radius 1 is 0.972 bits per heavy atom. The summed E-state index contributed by atoms with van der Waals surface area (Å²) in [5.41, 5.74) is 1.37. The van der Waals surface area contributed by atoms with Crippen molar-refractivity contribution in [2.75, 3.05) is 0 Å². The minimum atomic E-state index is -1.27. The monoisotopic (exact) mass is 497 g/mol. The zero-order valence-corrected chi connectivity index (χ0v) is 21.5. The van der Waals surface area contributed by atoms with E-state index in [0.717, 1.165) is 16.9 Å². The number of hydrogen-bond acceptors (Lipinski definition) is 7. The van der Waals surface area contributed by atoms with Crippen LogP contribution < -0.4 is 10.1 Å². The molecule has 0 saturated carbocycles. The van der Waals surface area contributed by atoms with Crippen molar-refractivity contribution in [1.82, 2.24) is 5.32 Å². The molecule has 0 radical (unpaired) electrons. The molecule has 1 N–H and O–H groups in total. The third-order valence-corrected chi connectivity index (χ3v) is 5.44. The Balaban J connectivity index is 1.63. The van der Waals surface area contributed by atoms with Crippen molar-refractivity contribution >= 4 is 18.0 Å². The van der Waals surface area contributed by atoms with Gasteiger partial charge in [0.25, 0.3) is 5.79 Å². The maximum absolute atomic E-state index is 12.5. The Morgan fingerprint density at radius 2 is 1.58 bits per heavy atom. The Bertz CT molecular complexity index is 1020. The molecule has 1 aliphatic rings. The number of carbonyl (C=O) groups is 3. The summed E-state index contributed by atoms with van der Waals surface area (Å²) in [5.74, 6) is -2.81. The van der Waals surface area contributed by atoms with E-state index in [9.17, 15) is 14.4 Å². The summed E-state index contributed by atoms with van der Waals surface area (Å²) in [5, 5.41) is 2.87. The van der Waals surface area contributed by atoms with E-state index in [1.807, 2.05) is 54.6 Å². The summed E-state index contributed by atoms with van der Waals surface area (Å²) in [6, 6.07) is 17.1. The third-order valence-electron chi connectivity index (χ3n) is 5.44. The molecule has 0 spiro atoms. The number of rotatable bonds is 9. The van der Waals surface area contributed by atoms with Crippen LogP contribution in [0, 0.1) is 5.92 Å². The summed E-state index contributed by atoms with van der Waals surface area (Å²) in [7, 11) is 0. The minimum absolute atomic E-state index is 0.173. The van der Waals surface area contributed by atoms with E-state index in [1.165, 1.54) is 13.8 Å². The van der Waals surface area contributed by atoms with Gasteiger partial charge in [-0.25, -0.2) is 4.79 Å². The molecule has 1 atom stereocenters. The molecule has 1 heterocycles. The van der Waals surface area contributed by atoms with Crippen LogP contribution in [0.4, 0.5) is 4.79 Å². The van der Waals surface area contributed by atoms with Gasteiger partial charge < -0.3 is 24.3 Å². The fourth-order valence-electron chi connectivity index (χ4n) is 3.79. The van der Waals surface area contributed by atoms with Gasteiger partial charge in [-0.2, -0.15) is 0 Å². The number of cyclic esters (lactones) is 2. The molecule has 3 rings (SSSR count). The van der Waals surface area contributed by atoms with E-state index in [-0.39, 0.29) is 12.5 Å². The molecule has 1 amide bonds. The largest absolute Gasteiger partial charge is 0.489 e. The number of alkyl carbamates (subject to hydrolysis) is 1. The van der Waals surface area contributed by atoms with Gasteiger partial charge >= 0.3 is 18.0 Å². The lowest BCUT2D eigenvalue weighted by molar-refractivity contribution is -0.240. The van der Waals surface area contributed by atoms with Crippen molar-refractivity contribution in [2.24, 2.45) is 5.92 Å². The molecule has 1 fully saturated rings. The second kappa shape index (κ2) is 11.5. The van der Waals surface area contributed by atoms with E-state index in [2.05, 4.69) is 5.32 Å². The van der Waals surface area contributed by atoms with Crippen molar-refractivity contribution < 1.29 is 33.3 Å². The van der Waals surface area contributed by atoms with E-state index in [4.69, 9.17) is 18.9 Å². The van der Waals surface area contributed by atoms with Crippen LogP contribution in [0.2, 0.25) is 0 Å². The van der Waals surface area contributed by atoms with E-state index < -0.39 is 35.3 Å². The molecule has 8 heteroatoms. The highest BCUT2D eigenvalue weighted by Crippen LogP contribution is 2.27. The molecule has 194 valence electrons. The maximum atomic E-state index is 12.5. The third kappa shape index (κ3) is 8.59. The molecule has 36 heavy (non-hydrogen) atoms. The van der Waals surface area contributed by atoms with E-state index >= 15 is 0 Å². The van der Waals surface area contributed by atoms with Crippen LogP contribution in [0.5, 0.6) is 5.75 Å². The summed E-state index contributed by atoms with van der Waals surface area (Å²) >= 11 is 0. The van der Waals surface area contributed by atoms with Crippen molar-refractivity contribution in [1.29, 1.82) is 0 Å². The average molecular weight is 498 g/mol. The lowest BCUT2D eigenvalue weighted by Gasteiger charge is -2.33. The second-order valence-electron chi connectivity index (χ2n) is 10.3. The minimum Gasteiger partial charge on any atom is -0.489 e. The number of amides is 1. The van der Waals surface area contributed by atoms with Gasteiger partial charge in [0, 0.05) is 19.9 Å². The van der Waals surface area contributed by atoms with Gasteiger partial charge in [-0.05, 0) is 63.3 Å². The standard InChI is InChI=1S/C28H35NO7/c1-27(2,3)36-26(32)29-21(13-16-23-24(30)34-28(4,5)35-25(23)31)17-19-11-14-22(15-12-19)33-18-20-9-7-6-8-10-20/h6-12,14-15,21,23H,13,16-18H2,1-5H3,(H,29,32). The number of ether oxygens (including phenoxy) is 4. The van der Waals surface area contributed by atoms with Crippen LogP contribution in [-0.2, 0) is 36.8 Å². The molecular formula is C28H35NO7. The van der Waals surface area contributed by atoms with Gasteiger partial charge in [-0.1, -0.05) is 42.5 Å². The van der Waals surface area contributed by atoms with Crippen molar-refractivity contribution in [3.05, 3.63) is 65.7 Å². The van der Waals surface area contributed by atoms with Gasteiger partial charge in [0.05, 0.1) is 0 Å². The Hall–Kier alpha value is -3.55. The molecule has 0 aliphatic carbocycles. The number of esters is 2. The lowest BCUT2D eigenvalue weighted by atomic mass is 9.95. The zero-order chi connectivity index (χ0) is 26.3. The molecule has 0 aromatic heterocycles. The topological polar surface area (TPSA) is 100 Å². The highest BCUT2D eigenvalue weighted by Gasteiger charge is 2.43. The van der Waals surface area contributed by atoms with E-state index in [1.54, 1.807) is 20.8 Å². The normalized spacial score (nSPS) is 16.5. The molecule has 1 aliphatic heterocycles. The number of benzene rings is 2. The maximum Gasteiger partial charge on any atom is 0.407 e. The van der Waals surface area contributed by atoms with Crippen LogP contribution in [0.1, 0.15) is 58.6 Å². The first-order chi connectivity index (χ1) is 16.9. The Morgan fingerprint density at radius 3 is 2.17 bits per heavy atom. The number of carbonyl (C=O) groups excluding carboxylic acids is 3. The Labute approximate surface area is 212 Å². The molecule has 1 saturated heterocycles. The molecule has 2 aromatic carbocycles. The Kier molecular flexibility index (Phi) is 8.61. The first-order valence-corrected chi connectivity index (χ1v) is 12.1. The highest BCUT2D eigenvalue weighted by atomic mass is 16.7. The summed E-state index contributed by atoms with van der Waals surface area (Å²) in [6.45, 7) is 8.84. The van der Waals surface area contributed by atoms with Crippen LogP contribution in [0.15, 0.2) is 54.6 Å². The predicted molar refractivity (Wildman–Crippen MR) is 133 cm³/mol. The quantitative estimate of drug-likeness (QED) is 0.387. The molecule has 0 bridgehead atoms. The highest BCUT2D eigenvalue weighted by molar-refractivity contribution is 5.96. The van der Waals surface area contributed by atoms with E-state index in [0.29, 0.717) is 19.4 Å². The van der Waals surface area contributed by atoms with Crippen LogP contribution in [0.25, 0.3) is 0 Å². The zero-order valence-electron chi connectivity index (χ0n) is 21.5. The first kappa shape index (κ1) is 27.0. The number of hydrogen-bond donors (Lipinski definition) is 1. The molecule has 2 aromatic rings. The molecule has 8 nitrogen and oxygen atoms in total. The van der Waals surface area contributed by atoms with Crippen LogP contribution >= 0.6 is 0 Å². The van der Waals surface area contributed by atoms with Gasteiger partial charge in [0.1, 0.15) is 18.0 Å². The number of nitrogens with one attached hydrogen (secondary N) is 1. The predicted octanol–water partition coefficient (Wildman–Crippen LogP) is 4.93. The van der Waals surface area contributed by atoms with Gasteiger partial charge in [0.2, 0.25) is 0 Å². The van der Waals surface area contributed by atoms with Gasteiger partial charge in [-0.3, -0.25) is 9.59 Å². The van der Waals surface area contributed by atoms with Crippen molar-refractivity contribution in [3.63, 3.8) is 0 Å². The molecule has 1 unspecified atom stereocenters. The van der Waals surface area contributed by atoms with Gasteiger partial charge in [-0.15, -0.1) is 0 Å². The van der Waals surface area contributed by atoms with Crippen molar-refractivity contribution in [3.8, 4) is 5.75 Å². The molecular weight excluding hydrogens is 462 g/mol. The smallest absolute Gasteiger partial charge is 0.407 e. The van der Waals surface area contributed by atoms with Crippen LogP contribution in [-0.4, -0.2) is 35.5 Å². The first-order valence-electron chi connectivity index (χ1n) is 12.1. The second-order valence-corrected chi connectivity index (χ2v) is 10.3. The van der Waals surface area contributed by atoms with Gasteiger partial charge in [0.15, 0.2) is 5.92 Å². The summed E-state index contributed by atoms with van der Waals surface area (Å²) in [6.07, 6.45) is 0.429. The summed E-state index contributed by atoms with van der Waals surface area (Å²) < 4.78 is 21.7. The fourth-order valence-corrected chi connectivity index (χ4v) is 3.79. The SMILES string of the molecule is CC(C)(C)OC(=O)NC(CCC1C(=O)OC(C)(C)OC1=O)Cc1ccc(OCc2ccccc2)cc1. The van der Waals surface area contributed by atoms with Crippen molar-refractivity contribution in [2.45, 2.75) is 77.9 Å². The fraction of sp³-hybridized carbons (Fsp3) is 0.464. The lowest BCUT2D eigenvalue weighted by Crippen LogP contribution is -2.47.